The Balaban J connectivity index is 2.28. The van der Waals surface area contributed by atoms with Crippen LogP contribution >= 0.6 is 0 Å². The van der Waals surface area contributed by atoms with Crippen molar-refractivity contribution < 1.29 is 22.4 Å². The van der Waals surface area contributed by atoms with Crippen molar-refractivity contribution in [1.82, 2.24) is 4.57 Å². The molecule has 0 fully saturated rings. The molecule has 2 amide bonds. The van der Waals surface area contributed by atoms with E-state index in [-0.39, 0.29) is 10.6 Å². The largest absolute Gasteiger partial charge is 0.369 e. The van der Waals surface area contributed by atoms with Crippen LogP contribution < -0.4 is 11.1 Å². The van der Waals surface area contributed by atoms with Crippen LogP contribution in [0.5, 0.6) is 0 Å². The first-order valence-corrected chi connectivity index (χ1v) is 9.75. The molecule has 7 nitrogen and oxygen atoms in total. The number of carbonyl (C=O) groups is 2. The second-order valence-corrected chi connectivity index (χ2v) is 9.09. The van der Waals surface area contributed by atoms with E-state index in [0.717, 1.165) is 0 Å². The van der Waals surface area contributed by atoms with Crippen LogP contribution in [0, 0.1) is 18.2 Å². The van der Waals surface area contributed by atoms with Gasteiger partial charge < -0.3 is 15.6 Å². The number of halogens is 1. The molecule has 0 bridgehead atoms. The molecule has 0 aliphatic heterocycles. The molecule has 1 aromatic heterocycles. The van der Waals surface area contributed by atoms with Crippen LogP contribution in [0.2, 0.25) is 0 Å². The van der Waals surface area contributed by atoms with Crippen molar-refractivity contribution in [2.24, 2.45) is 18.2 Å². The van der Waals surface area contributed by atoms with Crippen LogP contribution in [0.15, 0.2) is 35.4 Å². The first-order valence-electron chi connectivity index (χ1n) is 8.10. The summed E-state index contributed by atoms with van der Waals surface area (Å²) in [5.74, 6) is -2.14. The second kappa shape index (κ2) is 7.15. The third-order valence-corrected chi connectivity index (χ3v) is 6.25. The number of rotatable bonds is 6. The molecule has 0 aliphatic rings. The molecule has 1 heterocycles. The number of primary amides is 1. The number of benzene rings is 1. The highest BCUT2D eigenvalue weighted by Crippen LogP contribution is 2.24. The number of nitrogens with two attached hydrogens (primary N) is 1. The highest BCUT2D eigenvalue weighted by molar-refractivity contribution is 7.91. The zero-order chi connectivity index (χ0) is 20.6. The molecular formula is C18H22FN3O4S. The first kappa shape index (κ1) is 20.6. The van der Waals surface area contributed by atoms with Crippen LogP contribution in [-0.4, -0.2) is 30.6 Å². The molecule has 0 radical (unpaired) electrons. The minimum absolute atomic E-state index is 0.0836. The quantitative estimate of drug-likeness (QED) is 0.779. The van der Waals surface area contributed by atoms with E-state index in [4.69, 9.17) is 5.73 Å². The fraction of sp³-hybridized carbons (Fsp3) is 0.333. The van der Waals surface area contributed by atoms with Crippen LogP contribution in [0.1, 0.15) is 29.9 Å². The Kier molecular flexibility index (Phi) is 5.46. The standard InChI is InChI=1S/C18H22FN3O4S/c1-11-7-12(5-6-14(11)19)21-16(23)15-8-13(9-22(15)4)27(25,26)10-18(2,3)17(20)24/h5-9H,10H2,1-4H3,(H2,20,24)(H,21,23). The molecule has 0 saturated carbocycles. The van der Waals surface area contributed by atoms with E-state index >= 15 is 0 Å². The predicted molar refractivity (Wildman–Crippen MR) is 99.5 cm³/mol. The number of nitrogens with zero attached hydrogens (tertiary/aromatic N) is 1. The van der Waals surface area contributed by atoms with Gasteiger partial charge in [-0.2, -0.15) is 0 Å². The van der Waals surface area contributed by atoms with Crippen LogP contribution in [0.3, 0.4) is 0 Å². The number of nitrogens with one attached hydrogen (secondary N) is 1. The average molecular weight is 395 g/mol. The number of amides is 2. The summed E-state index contributed by atoms with van der Waals surface area (Å²) in [6.45, 7) is 4.46. The van der Waals surface area contributed by atoms with Gasteiger partial charge in [-0.3, -0.25) is 9.59 Å². The predicted octanol–water partition coefficient (Wildman–Crippen LogP) is 2.01. The van der Waals surface area contributed by atoms with Crippen LogP contribution in [0.25, 0.3) is 0 Å². The molecular weight excluding hydrogens is 373 g/mol. The van der Waals surface area contributed by atoms with E-state index in [1.54, 1.807) is 6.92 Å². The Bertz CT molecular complexity index is 1010. The van der Waals surface area contributed by atoms with Gasteiger partial charge in [0.1, 0.15) is 11.5 Å². The van der Waals surface area contributed by atoms with Crippen molar-refractivity contribution in [3.8, 4) is 0 Å². The van der Waals surface area contributed by atoms with Gasteiger partial charge in [-0.05, 0) is 36.8 Å². The number of anilines is 1. The van der Waals surface area contributed by atoms with Crippen molar-refractivity contribution in [3.05, 3.63) is 47.5 Å². The number of hydrogen-bond donors (Lipinski definition) is 2. The topological polar surface area (TPSA) is 111 Å². The molecule has 2 aromatic rings. The van der Waals surface area contributed by atoms with Gasteiger partial charge >= 0.3 is 0 Å². The summed E-state index contributed by atoms with van der Waals surface area (Å²) in [7, 11) is -2.30. The van der Waals surface area contributed by atoms with Gasteiger partial charge in [0.2, 0.25) is 5.91 Å². The van der Waals surface area contributed by atoms with Crippen LogP contribution in [-0.2, 0) is 21.7 Å². The molecule has 0 saturated heterocycles. The number of aromatic nitrogens is 1. The number of aryl methyl sites for hydroxylation is 2. The third-order valence-electron chi connectivity index (χ3n) is 4.21. The maximum absolute atomic E-state index is 13.3. The molecule has 0 spiro atoms. The van der Waals surface area contributed by atoms with Crippen LogP contribution in [0.4, 0.5) is 10.1 Å². The lowest BCUT2D eigenvalue weighted by atomic mass is 9.96. The van der Waals surface area contributed by atoms with Gasteiger partial charge in [-0.1, -0.05) is 13.8 Å². The smallest absolute Gasteiger partial charge is 0.272 e. The van der Waals surface area contributed by atoms with E-state index < -0.39 is 38.6 Å². The molecule has 27 heavy (non-hydrogen) atoms. The lowest BCUT2D eigenvalue weighted by Gasteiger charge is -2.19. The summed E-state index contributed by atoms with van der Waals surface area (Å²) in [6, 6.07) is 5.36. The zero-order valence-electron chi connectivity index (χ0n) is 15.5. The van der Waals surface area contributed by atoms with Crippen molar-refractivity contribution in [2.45, 2.75) is 25.7 Å². The Morgan fingerprint density at radius 1 is 1.26 bits per heavy atom. The highest BCUT2D eigenvalue weighted by Gasteiger charge is 2.33. The second-order valence-electron chi connectivity index (χ2n) is 7.10. The SMILES string of the molecule is Cc1cc(NC(=O)c2cc(S(=O)(=O)CC(C)(C)C(N)=O)cn2C)ccc1F. The summed E-state index contributed by atoms with van der Waals surface area (Å²) < 4.78 is 39.9. The normalized spacial score (nSPS) is 12.0. The van der Waals surface area contributed by atoms with E-state index in [9.17, 15) is 22.4 Å². The monoisotopic (exact) mass is 395 g/mol. The molecule has 1 aromatic carbocycles. The van der Waals surface area contributed by atoms with Gasteiger partial charge in [0.25, 0.3) is 5.91 Å². The van der Waals surface area contributed by atoms with Crippen molar-refractivity contribution >= 4 is 27.3 Å². The zero-order valence-corrected chi connectivity index (χ0v) is 16.4. The number of sulfone groups is 1. The van der Waals surface area contributed by atoms with Gasteiger partial charge in [-0.25, -0.2) is 12.8 Å². The minimum atomic E-state index is -3.83. The Morgan fingerprint density at radius 3 is 2.44 bits per heavy atom. The van der Waals surface area contributed by atoms with Gasteiger partial charge in [-0.15, -0.1) is 0 Å². The van der Waals surface area contributed by atoms with Gasteiger partial charge in [0, 0.05) is 18.9 Å². The fourth-order valence-electron chi connectivity index (χ4n) is 2.48. The van der Waals surface area contributed by atoms with Crippen molar-refractivity contribution in [2.75, 3.05) is 11.1 Å². The lowest BCUT2D eigenvalue weighted by Crippen LogP contribution is -2.37. The molecule has 0 atom stereocenters. The Labute approximate surface area is 157 Å². The maximum Gasteiger partial charge on any atom is 0.272 e. The summed E-state index contributed by atoms with van der Waals surface area (Å²) in [5, 5.41) is 2.60. The van der Waals surface area contributed by atoms with E-state index in [1.807, 2.05) is 0 Å². The third kappa shape index (κ3) is 4.54. The number of carbonyl (C=O) groups excluding carboxylic acids is 2. The Hall–Kier alpha value is -2.68. The first-order chi connectivity index (χ1) is 12.3. The summed E-state index contributed by atoms with van der Waals surface area (Å²) in [6.07, 6.45) is 1.30. The molecule has 2 rings (SSSR count). The Morgan fingerprint density at radius 2 is 1.89 bits per heavy atom. The lowest BCUT2D eigenvalue weighted by molar-refractivity contribution is -0.124. The summed E-state index contributed by atoms with van der Waals surface area (Å²) >= 11 is 0. The summed E-state index contributed by atoms with van der Waals surface area (Å²) in [4.78, 5) is 23.8. The molecule has 9 heteroatoms. The maximum atomic E-state index is 13.3. The fourth-order valence-corrected chi connectivity index (χ4v) is 4.35. The summed E-state index contributed by atoms with van der Waals surface area (Å²) in [5.41, 5.74) is 4.87. The highest BCUT2D eigenvalue weighted by atomic mass is 32.2. The molecule has 0 unspecified atom stereocenters. The molecule has 146 valence electrons. The van der Waals surface area contributed by atoms with E-state index in [2.05, 4.69) is 5.32 Å². The van der Waals surface area contributed by atoms with Gasteiger partial charge in [0.15, 0.2) is 9.84 Å². The molecule has 0 aliphatic carbocycles. The van der Waals surface area contributed by atoms with E-state index in [0.29, 0.717) is 11.3 Å². The van der Waals surface area contributed by atoms with E-state index in [1.165, 1.54) is 55.9 Å². The van der Waals surface area contributed by atoms with Crippen molar-refractivity contribution in [1.29, 1.82) is 0 Å². The minimum Gasteiger partial charge on any atom is -0.369 e. The van der Waals surface area contributed by atoms with Crippen molar-refractivity contribution in [3.63, 3.8) is 0 Å². The molecule has 3 N–H and O–H groups in total. The number of hydrogen-bond acceptors (Lipinski definition) is 4. The average Bonchev–Trinajstić information content (AvgIpc) is 2.93. The van der Waals surface area contributed by atoms with Gasteiger partial charge in [0.05, 0.1) is 16.1 Å².